The van der Waals surface area contributed by atoms with Crippen molar-refractivity contribution in [2.24, 2.45) is 17.3 Å². The highest BCUT2D eigenvalue weighted by Gasteiger charge is 2.71. The SMILES string of the molecule is CC(C)C1CC1(NC(=O)[C@@H](NC(=O)c1cccc(-c2ccccc2)n1)[C@@H](C)O)B1O[C@@H]2CCC(C)(C)C[C@]2(C)O1. The molecular formula is C31H42BN3O5. The zero-order chi connectivity index (χ0) is 28.9. The summed E-state index contributed by atoms with van der Waals surface area (Å²) in [5.41, 5.74) is 0.737. The monoisotopic (exact) mass is 547 g/mol. The lowest BCUT2D eigenvalue weighted by Crippen LogP contribution is -2.60. The second-order valence-corrected chi connectivity index (χ2v) is 13.3. The van der Waals surface area contributed by atoms with Crippen molar-refractivity contribution in [1.29, 1.82) is 0 Å². The molecule has 0 radical (unpaired) electrons. The predicted octanol–water partition coefficient (Wildman–Crippen LogP) is 4.17. The molecule has 1 saturated heterocycles. The van der Waals surface area contributed by atoms with Crippen molar-refractivity contribution in [3.05, 3.63) is 54.2 Å². The topological polar surface area (TPSA) is 110 Å². The number of rotatable bonds is 8. The molecule has 9 heteroatoms. The van der Waals surface area contributed by atoms with Gasteiger partial charge < -0.3 is 25.0 Å². The fourth-order valence-electron chi connectivity index (χ4n) is 6.82. The maximum Gasteiger partial charge on any atom is 0.485 e. The van der Waals surface area contributed by atoms with E-state index in [1.165, 1.54) is 6.92 Å². The van der Waals surface area contributed by atoms with Gasteiger partial charge in [0.05, 0.1) is 28.9 Å². The molecule has 0 spiro atoms. The zero-order valence-corrected chi connectivity index (χ0v) is 24.4. The van der Waals surface area contributed by atoms with E-state index in [9.17, 15) is 14.7 Å². The summed E-state index contributed by atoms with van der Waals surface area (Å²) in [5.74, 6) is -0.534. The summed E-state index contributed by atoms with van der Waals surface area (Å²) < 4.78 is 13.2. The van der Waals surface area contributed by atoms with Crippen molar-refractivity contribution in [2.45, 2.75) is 96.5 Å². The molecule has 3 aliphatic rings. The van der Waals surface area contributed by atoms with Gasteiger partial charge in [-0.1, -0.05) is 64.1 Å². The molecule has 6 atom stereocenters. The predicted molar refractivity (Wildman–Crippen MR) is 154 cm³/mol. The maximum atomic E-state index is 13.7. The van der Waals surface area contributed by atoms with Gasteiger partial charge in [-0.15, -0.1) is 0 Å². The van der Waals surface area contributed by atoms with Crippen molar-refractivity contribution in [3.8, 4) is 11.3 Å². The highest BCUT2D eigenvalue weighted by molar-refractivity contribution is 6.51. The summed E-state index contributed by atoms with van der Waals surface area (Å²) in [6.45, 7) is 12.4. The lowest BCUT2D eigenvalue weighted by Gasteiger charge is -2.43. The van der Waals surface area contributed by atoms with Crippen LogP contribution in [0.1, 0.15) is 77.7 Å². The second-order valence-electron chi connectivity index (χ2n) is 13.3. The summed E-state index contributed by atoms with van der Waals surface area (Å²) >= 11 is 0. The molecule has 2 aromatic rings. The Bertz CT molecular complexity index is 1250. The molecule has 3 N–H and O–H groups in total. The number of fused-ring (bicyclic) bond motifs is 1. The number of hydrogen-bond donors (Lipinski definition) is 3. The van der Waals surface area contributed by atoms with Crippen LogP contribution in [0.2, 0.25) is 0 Å². The van der Waals surface area contributed by atoms with Crippen LogP contribution in [-0.4, -0.2) is 58.3 Å². The minimum atomic E-state index is -1.17. The minimum Gasteiger partial charge on any atom is -0.404 e. The fourth-order valence-corrected chi connectivity index (χ4v) is 6.82. The number of nitrogens with zero attached hydrogens (tertiary/aromatic N) is 1. The number of aliphatic hydroxyl groups excluding tert-OH is 1. The number of aliphatic hydroxyl groups is 1. The molecule has 40 heavy (non-hydrogen) atoms. The summed E-state index contributed by atoms with van der Waals surface area (Å²) in [4.78, 5) is 31.4. The fraction of sp³-hybridized carbons (Fsp3) is 0.581. The number of aromatic nitrogens is 1. The van der Waals surface area contributed by atoms with Crippen LogP contribution in [-0.2, 0) is 14.1 Å². The van der Waals surface area contributed by atoms with E-state index in [1.54, 1.807) is 12.1 Å². The van der Waals surface area contributed by atoms with Crippen LogP contribution in [0.15, 0.2) is 48.5 Å². The molecule has 1 aromatic heterocycles. The first-order valence-electron chi connectivity index (χ1n) is 14.5. The van der Waals surface area contributed by atoms with Crippen LogP contribution >= 0.6 is 0 Å². The molecule has 2 unspecified atom stereocenters. The highest BCUT2D eigenvalue weighted by atomic mass is 16.7. The third kappa shape index (κ3) is 5.56. The Morgan fingerprint density at radius 3 is 2.45 bits per heavy atom. The Morgan fingerprint density at radius 1 is 1.07 bits per heavy atom. The van der Waals surface area contributed by atoms with Crippen molar-refractivity contribution < 1.29 is 24.0 Å². The van der Waals surface area contributed by atoms with Crippen LogP contribution in [0, 0.1) is 17.3 Å². The van der Waals surface area contributed by atoms with E-state index in [2.05, 4.69) is 50.2 Å². The Hall–Kier alpha value is -2.75. The number of carbonyl (C=O) groups excluding carboxylic acids is 2. The lowest BCUT2D eigenvalue weighted by atomic mass is 9.69. The average Bonchev–Trinajstić information content (AvgIpc) is 3.53. The van der Waals surface area contributed by atoms with E-state index in [0.717, 1.165) is 24.8 Å². The number of hydrogen-bond acceptors (Lipinski definition) is 6. The van der Waals surface area contributed by atoms with Crippen molar-refractivity contribution in [1.82, 2.24) is 15.6 Å². The van der Waals surface area contributed by atoms with Gasteiger partial charge in [0.1, 0.15) is 11.7 Å². The molecule has 3 fully saturated rings. The maximum absolute atomic E-state index is 13.7. The van der Waals surface area contributed by atoms with Gasteiger partial charge in [0.2, 0.25) is 5.91 Å². The van der Waals surface area contributed by atoms with E-state index in [1.807, 2.05) is 36.4 Å². The van der Waals surface area contributed by atoms with E-state index >= 15 is 0 Å². The van der Waals surface area contributed by atoms with Gasteiger partial charge >= 0.3 is 7.12 Å². The quantitative estimate of drug-likeness (QED) is 0.428. The molecule has 5 rings (SSSR count). The second kappa shape index (κ2) is 10.6. The number of benzene rings is 1. The summed E-state index contributed by atoms with van der Waals surface area (Å²) in [6, 6.07) is 13.6. The van der Waals surface area contributed by atoms with Crippen molar-refractivity contribution in [2.75, 3.05) is 0 Å². The van der Waals surface area contributed by atoms with E-state index in [4.69, 9.17) is 9.31 Å². The van der Waals surface area contributed by atoms with E-state index in [0.29, 0.717) is 18.0 Å². The molecule has 8 nitrogen and oxygen atoms in total. The van der Waals surface area contributed by atoms with Gasteiger partial charge in [-0.25, -0.2) is 4.98 Å². The Labute approximate surface area is 237 Å². The standard InChI is InChI=1S/C31H42BN3O5/c1-19(2)22-17-31(22,32-39-25-15-16-29(4,5)18-30(25,6)40-32)35-28(38)26(20(3)36)34-27(37)24-14-10-13-23(33-24)21-11-8-7-9-12-21/h7-14,19-20,22,25-26,36H,15-18H2,1-6H3,(H,34,37)(H,35,38)/t20-,22?,25-,26+,30+,31?/m1/s1. The minimum absolute atomic E-state index is 0.0251. The molecule has 214 valence electrons. The molecule has 1 aliphatic heterocycles. The molecule has 1 aromatic carbocycles. The van der Waals surface area contributed by atoms with Crippen LogP contribution < -0.4 is 10.6 Å². The highest BCUT2D eigenvalue weighted by Crippen LogP contribution is 2.56. The summed E-state index contributed by atoms with van der Waals surface area (Å²) in [6.07, 6.45) is 2.43. The van der Waals surface area contributed by atoms with Crippen LogP contribution in [0.25, 0.3) is 11.3 Å². The largest absolute Gasteiger partial charge is 0.485 e. The molecule has 2 heterocycles. The van der Waals surface area contributed by atoms with Gasteiger partial charge in [0.15, 0.2) is 0 Å². The van der Waals surface area contributed by atoms with Crippen LogP contribution in [0.4, 0.5) is 0 Å². The Balaban J connectivity index is 1.32. The van der Waals surface area contributed by atoms with Gasteiger partial charge in [-0.3, -0.25) is 9.59 Å². The molecular weight excluding hydrogens is 505 g/mol. The average molecular weight is 548 g/mol. The Morgan fingerprint density at radius 2 is 1.80 bits per heavy atom. The van der Waals surface area contributed by atoms with Crippen molar-refractivity contribution in [3.63, 3.8) is 0 Å². The molecule has 2 saturated carbocycles. The first-order valence-corrected chi connectivity index (χ1v) is 14.5. The number of nitrogens with one attached hydrogen (secondary N) is 2. The van der Waals surface area contributed by atoms with Crippen LogP contribution in [0.5, 0.6) is 0 Å². The first-order chi connectivity index (χ1) is 18.8. The third-order valence-electron chi connectivity index (χ3n) is 9.00. The van der Waals surface area contributed by atoms with Crippen LogP contribution in [0.3, 0.4) is 0 Å². The molecule has 2 aliphatic carbocycles. The summed E-state index contributed by atoms with van der Waals surface area (Å²) in [7, 11) is -0.581. The van der Waals surface area contributed by atoms with E-state index < -0.39 is 42.1 Å². The smallest absolute Gasteiger partial charge is 0.404 e. The number of pyridine rings is 1. The van der Waals surface area contributed by atoms with Gasteiger partial charge in [-0.05, 0) is 68.9 Å². The zero-order valence-electron chi connectivity index (χ0n) is 24.4. The summed E-state index contributed by atoms with van der Waals surface area (Å²) in [5, 5.41) is 16.5. The number of carbonyl (C=O) groups is 2. The molecule has 0 bridgehead atoms. The Kier molecular flexibility index (Phi) is 7.61. The van der Waals surface area contributed by atoms with Gasteiger partial charge in [0, 0.05) is 5.56 Å². The third-order valence-corrected chi connectivity index (χ3v) is 9.00. The first kappa shape index (κ1) is 28.8. The van der Waals surface area contributed by atoms with Crippen molar-refractivity contribution >= 4 is 18.9 Å². The molecule has 2 amide bonds. The van der Waals surface area contributed by atoms with Gasteiger partial charge in [0.25, 0.3) is 5.91 Å². The normalized spacial score (nSPS) is 30.4. The lowest BCUT2D eigenvalue weighted by molar-refractivity contribution is -0.126. The van der Waals surface area contributed by atoms with E-state index in [-0.39, 0.29) is 23.1 Å². The van der Waals surface area contributed by atoms with Gasteiger partial charge in [-0.2, -0.15) is 0 Å². The number of amides is 2.